The van der Waals surface area contributed by atoms with E-state index in [1.165, 1.54) is 23.5 Å². The molecule has 0 aliphatic heterocycles. The lowest BCUT2D eigenvalue weighted by Crippen LogP contribution is -2.11. The van der Waals surface area contributed by atoms with Crippen molar-refractivity contribution in [3.8, 4) is 21.6 Å². The fraction of sp³-hybridized carbons (Fsp3) is 0.0625. The largest absolute Gasteiger partial charge is 0.428 e. The summed E-state index contributed by atoms with van der Waals surface area (Å²) in [6.45, 7) is 1.70. The Labute approximate surface area is 137 Å². The third-order valence-electron chi connectivity index (χ3n) is 3.34. The molecule has 0 atom stereocenters. The molecule has 0 fully saturated rings. The molecule has 0 unspecified atom stereocenters. The Morgan fingerprint density at radius 3 is 2.39 bits per heavy atom. The Hall–Kier alpha value is -2.22. The average molecular weight is 347 g/mol. The molecule has 0 saturated carbocycles. The molecule has 23 heavy (non-hydrogen) atoms. The molecule has 0 aliphatic rings. The van der Waals surface area contributed by atoms with E-state index in [1.807, 2.05) is 17.5 Å². The van der Waals surface area contributed by atoms with Crippen molar-refractivity contribution in [2.75, 3.05) is 0 Å². The summed E-state index contributed by atoms with van der Waals surface area (Å²) in [5.41, 5.74) is 1.46. The maximum atomic E-state index is 12.3. The zero-order chi connectivity index (χ0) is 16.6. The van der Waals surface area contributed by atoms with E-state index in [0.29, 0.717) is 16.9 Å². The zero-order valence-electron chi connectivity index (χ0n) is 12.1. The molecule has 0 aliphatic carbocycles. The maximum Gasteiger partial charge on any atom is 0.345 e. The highest BCUT2D eigenvalue weighted by molar-refractivity contribution is 7.89. The number of hydrogen-bond donors (Lipinski definition) is 1. The van der Waals surface area contributed by atoms with Crippen molar-refractivity contribution in [1.82, 2.24) is 0 Å². The highest BCUT2D eigenvalue weighted by Crippen LogP contribution is 2.33. The van der Waals surface area contributed by atoms with Crippen LogP contribution in [0, 0.1) is 6.92 Å². The summed E-state index contributed by atoms with van der Waals surface area (Å²) < 4.78 is 27.9. The molecule has 7 heteroatoms. The molecule has 3 aromatic rings. The van der Waals surface area contributed by atoms with Gasteiger partial charge in [-0.3, -0.25) is 0 Å². The number of sulfonamides is 1. The minimum atomic E-state index is -3.75. The summed E-state index contributed by atoms with van der Waals surface area (Å²) in [5, 5.41) is 6.99. The van der Waals surface area contributed by atoms with Gasteiger partial charge in [0.15, 0.2) is 0 Å². The van der Waals surface area contributed by atoms with Gasteiger partial charge in [-0.25, -0.2) is 18.4 Å². The number of rotatable bonds is 3. The smallest absolute Gasteiger partial charge is 0.345 e. The van der Waals surface area contributed by atoms with Crippen LogP contribution in [0.2, 0.25) is 0 Å². The van der Waals surface area contributed by atoms with Crippen LogP contribution in [0.25, 0.3) is 21.6 Å². The van der Waals surface area contributed by atoms with Gasteiger partial charge in [0.25, 0.3) is 0 Å². The lowest BCUT2D eigenvalue weighted by atomic mass is 10.0. The van der Waals surface area contributed by atoms with E-state index in [2.05, 4.69) is 0 Å². The van der Waals surface area contributed by atoms with Crippen LogP contribution in [0.5, 0.6) is 0 Å². The van der Waals surface area contributed by atoms with Gasteiger partial charge in [0.2, 0.25) is 10.0 Å². The molecule has 2 N–H and O–H groups in total. The number of nitrogens with two attached hydrogens (primary N) is 1. The average Bonchev–Trinajstić information content (AvgIpc) is 2.99. The minimum Gasteiger partial charge on any atom is -0.428 e. The van der Waals surface area contributed by atoms with Gasteiger partial charge in [0, 0.05) is 10.4 Å². The molecule has 0 radical (unpaired) electrons. The van der Waals surface area contributed by atoms with Gasteiger partial charge in [-0.15, -0.1) is 11.3 Å². The van der Waals surface area contributed by atoms with Crippen LogP contribution in [0.3, 0.4) is 0 Å². The van der Waals surface area contributed by atoms with E-state index in [1.54, 1.807) is 25.1 Å². The lowest BCUT2D eigenvalue weighted by molar-refractivity contribution is 0.483. The predicted molar refractivity (Wildman–Crippen MR) is 89.8 cm³/mol. The van der Waals surface area contributed by atoms with Crippen LogP contribution in [-0.4, -0.2) is 8.42 Å². The molecule has 0 bridgehead atoms. The van der Waals surface area contributed by atoms with Gasteiger partial charge in [-0.1, -0.05) is 18.2 Å². The first-order chi connectivity index (χ1) is 10.9. The topological polar surface area (TPSA) is 90.4 Å². The van der Waals surface area contributed by atoms with E-state index in [4.69, 9.17) is 9.56 Å². The summed E-state index contributed by atoms with van der Waals surface area (Å²) in [6, 6.07) is 11.6. The Bertz CT molecular complexity index is 1000. The lowest BCUT2D eigenvalue weighted by Gasteiger charge is -2.09. The fourth-order valence-electron chi connectivity index (χ4n) is 2.32. The van der Waals surface area contributed by atoms with Crippen LogP contribution >= 0.6 is 11.3 Å². The first-order valence-corrected chi connectivity index (χ1v) is 9.11. The Morgan fingerprint density at radius 2 is 1.83 bits per heavy atom. The highest BCUT2D eigenvalue weighted by Gasteiger charge is 2.16. The number of benzene rings is 1. The predicted octanol–water partition coefficient (Wildman–Crippen LogP) is 2.99. The van der Waals surface area contributed by atoms with Crippen LogP contribution < -0.4 is 10.8 Å². The molecule has 0 saturated heterocycles. The summed E-state index contributed by atoms with van der Waals surface area (Å²) in [4.78, 5) is 13.1. The fourth-order valence-corrected chi connectivity index (χ4v) is 3.61. The monoisotopic (exact) mass is 347 g/mol. The van der Waals surface area contributed by atoms with Gasteiger partial charge in [0.1, 0.15) is 5.76 Å². The number of primary sulfonamides is 1. The molecular formula is C16H13NO4S2. The van der Waals surface area contributed by atoms with Crippen LogP contribution in [-0.2, 0) is 10.0 Å². The molecule has 0 spiro atoms. The van der Waals surface area contributed by atoms with E-state index < -0.39 is 15.6 Å². The summed E-state index contributed by atoms with van der Waals surface area (Å²) in [7, 11) is -3.75. The minimum absolute atomic E-state index is 0.0265. The maximum absolute atomic E-state index is 12.3. The second-order valence-electron chi connectivity index (χ2n) is 4.98. The number of thiophene rings is 1. The van der Waals surface area contributed by atoms with Gasteiger partial charge < -0.3 is 4.42 Å². The summed E-state index contributed by atoms with van der Waals surface area (Å²) in [6.07, 6.45) is 0. The number of hydrogen-bond acceptors (Lipinski definition) is 5. The van der Waals surface area contributed by atoms with Crippen molar-refractivity contribution in [2.45, 2.75) is 11.8 Å². The van der Waals surface area contributed by atoms with Crippen molar-refractivity contribution in [1.29, 1.82) is 0 Å². The summed E-state index contributed by atoms with van der Waals surface area (Å²) >= 11 is 1.44. The van der Waals surface area contributed by atoms with E-state index in [9.17, 15) is 13.2 Å². The van der Waals surface area contributed by atoms with E-state index in [0.717, 1.165) is 10.4 Å². The first kappa shape index (κ1) is 15.7. The van der Waals surface area contributed by atoms with Crippen molar-refractivity contribution < 1.29 is 12.8 Å². The highest BCUT2D eigenvalue weighted by atomic mass is 32.2. The molecule has 2 heterocycles. The van der Waals surface area contributed by atoms with Crippen molar-refractivity contribution >= 4 is 21.4 Å². The normalized spacial score (nSPS) is 11.6. The van der Waals surface area contributed by atoms with Gasteiger partial charge in [-0.2, -0.15) is 0 Å². The van der Waals surface area contributed by atoms with Crippen LogP contribution in [0.15, 0.2) is 62.0 Å². The van der Waals surface area contributed by atoms with Crippen molar-refractivity contribution in [3.05, 3.63) is 64.0 Å². The standard InChI is InChI=1S/C16H13NO4S2/c1-10-9-13(11-4-6-12(7-5-11)23(17,19)20)15(16(18)21-10)14-3-2-8-22-14/h2-9H,1H3,(H2,17,19,20). The number of aryl methyl sites for hydroxylation is 1. The van der Waals surface area contributed by atoms with E-state index >= 15 is 0 Å². The van der Waals surface area contributed by atoms with Crippen LogP contribution in [0.4, 0.5) is 0 Å². The van der Waals surface area contributed by atoms with Crippen molar-refractivity contribution in [3.63, 3.8) is 0 Å². The molecular weight excluding hydrogens is 334 g/mol. The van der Waals surface area contributed by atoms with Gasteiger partial charge in [-0.05, 0) is 42.1 Å². The second kappa shape index (κ2) is 5.77. The molecule has 1 aromatic carbocycles. The Morgan fingerprint density at radius 1 is 1.13 bits per heavy atom. The first-order valence-electron chi connectivity index (χ1n) is 6.68. The third kappa shape index (κ3) is 3.12. The molecule has 3 rings (SSSR count). The van der Waals surface area contributed by atoms with E-state index in [-0.39, 0.29) is 4.90 Å². The zero-order valence-corrected chi connectivity index (χ0v) is 13.8. The Balaban J connectivity index is 2.22. The van der Waals surface area contributed by atoms with Gasteiger partial charge in [0.05, 0.1) is 10.5 Å². The molecule has 2 aromatic heterocycles. The Kier molecular flexibility index (Phi) is 3.93. The molecule has 0 amide bonds. The van der Waals surface area contributed by atoms with Crippen molar-refractivity contribution in [2.24, 2.45) is 5.14 Å². The summed E-state index contributed by atoms with van der Waals surface area (Å²) in [5.74, 6) is 0.487. The second-order valence-corrected chi connectivity index (χ2v) is 7.49. The quantitative estimate of drug-likeness (QED) is 0.788. The molecule has 118 valence electrons. The third-order valence-corrected chi connectivity index (χ3v) is 5.15. The molecule has 5 nitrogen and oxygen atoms in total. The SMILES string of the molecule is Cc1cc(-c2ccc(S(N)(=O)=O)cc2)c(-c2cccs2)c(=O)o1. The van der Waals surface area contributed by atoms with Gasteiger partial charge >= 0.3 is 5.63 Å². The van der Waals surface area contributed by atoms with Crippen LogP contribution in [0.1, 0.15) is 5.76 Å².